The van der Waals surface area contributed by atoms with Gasteiger partial charge in [0.15, 0.2) is 0 Å². The molecule has 2 heterocycles. The highest BCUT2D eigenvalue weighted by Crippen LogP contribution is 2.66. The van der Waals surface area contributed by atoms with Crippen molar-refractivity contribution in [3.05, 3.63) is 32.6 Å². The van der Waals surface area contributed by atoms with E-state index < -0.39 is 59.8 Å². The molecule has 1 saturated heterocycles. The number of aliphatic hydroxyl groups excluding tert-OH is 1. The summed E-state index contributed by atoms with van der Waals surface area (Å²) in [5.41, 5.74) is -1.81. The highest BCUT2D eigenvalue weighted by atomic mass is 31.3. The average Bonchev–Trinajstić information content (AvgIpc) is 3.08. The summed E-state index contributed by atoms with van der Waals surface area (Å²) in [7, 11) is -16.7. The predicted molar refractivity (Wildman–Crippen MR) is 107 cm³/mol. The van der Waals surface area contributed by atoms with Crippen LogP contribution < -0.4 is 17.1 Å². The first-order valence-corrected chi connectivity index (χ1v) is 13.4. The first-order valence-electron chi connectivity index (χ1n) is 8.91. The minimum absolute atomic E-state index is 0.0737. The Kier molecular flexibility index (Phi) is 9.70. The van der Waals surface area contributed by atoms with Crippen LogP contribution in [0.15, 0.2) is 15.8 Å². The Balaban J connectivity index is 2.14. The van der Waals surface area contributed by atoms with E-state index in [-0.39, 0.29) is 25.0 Å². The Hall–Kier alpha value is -1.51. The largest absolute Gasteiger partial charge is 0.490 e. The van der Waals surface area contributed by atoms with Crippen LogP contribution in [0.1, 0.15) is 24.6 Å². The molecule has 0 amide bonds. The van der Waals surface area contributed by atoms with Crippen LogP contribution in [0.25, 0.3) is 0 Å². The van der Waals surface area contributed by atoms with Crippen molar-refractivity contribution in [3.8, 4) is 11.8 Å². The van der Waals surface area contributed by atoms with Crippen LogP contribution in [0.3, 0.4) is 0 Å². The number of aromatic amines is 1. The van der Waals surface area contributed by atoms with Gasteiger partial charge < -0.3 is 29.4 Å². The second-order valence-electron chi connectivity index (χ2n) is 6.41. The molecule has 21 heteroatoms. The van der Waals surface area contributed by atoms with E-state index in [1.165, 1.54) is 0 Å². The molecule has 0 radical (unpaired) electrons. The van der Waals surface area contributed by atoms with Crippen molar-refractivity contribution in [3.63, 3.8) is 0 Å². The fourth-order valence-corrected chi connectivity index (χ4v) is 5.67. The number of ether oxygens (including phenoxy) is 1. The van der Waals surface area contributed by atoms with Gasteiger partial charge in [0.05, 0.1) is 13.2 Å². The number of nitrogens with zero attached hydrogens (tertiary/aromatic N) is 1. The standard InChI is InChI=1S/C13H20N3O15P3/c14-29-9-5-11(16-6-8(3-1-2-4-17)12(18)15-13(16)19)28-10(9)7-27-33(23,24)31-34(25,26)30-32(20,21)22/h6,9-11,17H,2,4-5,7,14H2,(H,23,24)(H,25,26)(H,15,18,19)(H2,20,21,22)/t9?,10-,11-/m1/s1. The molecule has 1 fully saturated rings. The molecule has 192 valence electrons. The minimum Gasteiger partial charge on any atom is -0.395 e. The Labute approximate surface area is 189 Å². The molecule has 5 atom stereocenters. The first kappa shape index (κ1) is 28.7. The summed E-state index contributed by atoms with van der Waals surface area (Å²) in [6.07, 6.45) is -2.43. The van der Waals surface area contributed by atoms with Crippen molar-refractivity contribution in [1.82, 2.24) is 9.55 Å². The van der Waals surface area contributed by atoms with Crippen LogP contribution in [0.2, 0.25) is 0 Å². The molecule has 0 saturated carbocycles. The van der Waals surface area contributed by atoms with Gasteiger partial charge in [0.2, 0.25) is 0 Å². The summed E-state index contributed by atoms with van der Waals surface area (Å²) in [5.74, 6) is 10.1. The maximum atomic E-state index is 12.2. The first-order chi connectivity index (χ1) is 15.7. The predicted octanol–water partition coefficient (Wildman–Crippen LogP) is -1.84. The number of phosphoric ester groups is 1. The molecule has 18 nitrogen and oxygen atoms in total. The van der Waals surface area contributed by atoms with Crippen molar-refractivity contribution in [2.24, 2.45) is 5.90 Å². The number of aliphatic hydroxyl groups is 1. The zero-order chi connectivity index (χ0) is 25.7. The maximum Gasteiger partial charge on any atom is 0.490 e. The molecule has 0 bridgehead atoms. The molecule has 1 aliphatic rings. The molecule has 1 aliphatic heterocycles. The van der Waals surface area contributed by atoms with Crippen molar-refractivity contribution in [2.45, 2.75) is 31.3 Å². The summed E-state index contributed by atoms with van der Waals surface area (Å²) in [6, 6.07) is 0. The zero-order valence-corrected chi connectivity index (χ0v) is 19.5. The monoisotopic (exact) mass is 551 g/mol. The quantitative estimate of drug-likeness (QED) is 0.0955. The third-order valence-corrected chi connectivity index (χ3v) is 7.71. The molecule has 1 aromatic heterocycles. The third-order valence-electron chi connectivity index (χ3n) is 3.91. The van der Waals surface area contributed by atoms with Crippen LogP contribution >= 0.6 is 23.5 Å². The summed E-state index contributed by atoms with van der Waals surface area (Å²) in [6.45, 7) is -1.12. The van der Waals surface area contributed by atoms with E-state index in [0.717, 1.165) is 10.8 Å². The molecular weight excluding hydrogens is 531 g/mol. The molecule has 0 aliphatic carbocycles. The van der Waals surface area contributed by atoms with Gasteiger partial charge in [-0.2, -0.15) is 8.62 Å². The van der Waals surface area contributed by atoms with Gasteiger partial charge in [0.1, 0.15) is 24.0 Å². The van der Waals surface area contributed by atoms with Gasteiger partial charge in [-0.05, 0) is 0 Å². The SMILES string of the molecule is NOC1C[C@H](n2cc(C#CCCO)c(=O)[nH]c2=O)O[C@@H]1COP(=O)(O)OP(=O)(O)OP(=O)(O)O. The molecule has 2 rings (SSSR count). The van der Waals surface area contributed by atoms with E-state index in [2.05, 4.69) is 29.8 Å². The lowest BCUT2D eigenvalue weighted by molar-refractivity contribution is -0.0618. The lowest BCUT2D eigenvalue weighted by Gasteiger charge is -2.20. The fourth-order valence-electron chi connectivity index (χ4n) is 2.64. The number of hydrogen-bond donors (Lipinski definition) is 7. The molecular formula is C13H20N3O15P3. The molecule has 0 aromatic carbocycles. The van der Waals surface area contributed by atoms with Crippen LogP contribution in [0.5, 0.6) is 0 Å². The van der Waals surface area contributed by atoms with Crippen molar-refractivity contribution < 1.29 is 61.1 Å². The topological polar surface area (TPSA) is 279 Å². The van der Waals surface area contributed by atoms with Crippen LogP contribution in [-0.4, -0.2) is 59.7 Å². The van der Waals surface area contributed by atoms with Gasteiger partial charge in [-0.25, -0.2) is 24.4 Å². The number of aromatic nitrogens is 2. The number of nitrogens with two attached hydrogens (primary N) is 1. The fraction of sp³-hybridized carbons (Fsp3) is 0.538. The van der Waals surface area contributed by atoms with E-state index in [0.29, 0.717) is 0 Å². The zero-order valence-electron chi connectivity index (χ0n) is 16.8. The lowest BCUT2D eigenvalue weighted by atomic mass is 10.2. The maximum absolute atomic E-state index is 12.2. The number of phosphoric acid groups is 3. The molecule has 1 aromatic rings. The van der Waals surface area contributed by atoms with E-state index in [1.807, 2.05) is 4.98 Å². The number of H-pyrrole nitrogens is 1. The van der Waals surface area contributed by atoms with Gasteiger partial charge in [-0.15, -0.1) is 0 Å². The second kappa shape index (κ2) is 11.5. The third kappa shape index (κ3) is 8.61. The van der Waals surface area contributed by atoms with Gasteiger partial charge in [0, 0.05) is 19.0 Å². The highest BCUT2D eigenvalue weighted by Gasteiger charge is 2.43. The van der Waals surface area contributed by atoms with Gasteiger partial charge in [0.25, 0.3) is 5.56 Å². The molecule has 3 unspecified atom stereocenters. The lowest BCUT2D eigenvalue weighted by Crippen LogP contribution is -2.33. The Morgan fingerprint density at radius 1 is 1.18 bits per heavy atom. The van der Waals surface area contributed by atoms with E-state index in [4.69, 9.17) is 30.4 Å². The molecule has 0 spiro atoms. The van der Waals surface area contributed by atoms with E-state index in [1.54, 1.807) is 0 Å². The Morgan fingerprint density at radius 2 is 1.85 bits per heavy atom. The smallest absolute Gasteiger partial charge is 0.395 e. The van der Waals surface area contributed by atoms with Crippen LogP contribution in [-0.2, 0) is 36.4 Å². The van der Waals surface area contributed by atoms with Gasteiger partial charge in [-0.1, -0.05) is 11.8 Å². The summed E-state index contributed by atoms with van der Waals surface area (Å²) in [5, 5.41) is 8.77. The number of rotatable bonds is 10. The Bertz CT molecular complexity index is 1200. The Morgan fingerprint density at radius 3 is 2.44 bits per heavy atom. The molecule has 34 heavy (non-hydrogen) atoms. The highest BCUT2D eigenvalue weighted by molar-refractivity contribution is 7.66. The normalized spacial score (nSPS) is 24.1. The van der Waals surface area contributed by atoms with E-state index in [9.17, 15) is 28.2 Å². The second-order valence-corrected chi connectivity index (χ2v) is 10.8. The summed E-state index contributed by atoms with van der Waals surface area (Å²) in [4.78, 5) is 66.5. The summed E-state index contributed by atoms with van der Waals surface area (Å²) < 4.78 is 52.0. The minimum atomic E-state index is -5.71. The number of nitrogens with one attached hydrogen (secondary N) is 1. The van der Waals surface area contributed by atoms with Gasteiger partial charge >= 0.3 is 29.2 Å². The van der Waals surface area contributed by atoms with Crippen molar-refractivity contribution in [2.75, 3.05) is 13.2 Å². The average molecular weight is 551 g/mol. The van der Waals surface area contributed by atoms with Crippen molar-refractivity contribution >= 4 is 23.5 Å². The van der Waals surface area contributed by atoms with E-state index >= 15 is 0 Å². The van der Waals surface area contributed by atoms with Crippen molar-refractivity contribution in [1.29, 1.82) is 0 Å². The molecule has 8 N–H and O–H groups in total. The number of hydrogen-bond acceptors (Lipinski definition) is 12. The van der Waals surface area contributed by atoms with Crippen LogP contribution in [0, 0.1) is 11.8 Å². The van der Waals surface area contributed by atoms with Crippen LogP contribution in [0.4, 0.5) is 0 Å². The van der Waals surface area contributed by atoms with Gasteiger partial charge in [-0.3, -0.25) is 23.7 Å². The summed E-state index contributed by atoms with van der Waals surface area (Å²) >= 11 is 0.